The van der Waals surface area contributed by atoms with Gasteiger partial charge in [0.2, 0.25) is 0 Å². The maximum atomic E-state index is 13.8. The second-order valence-electron chi connectivity index (χ2n) is 15.3. The smallest absolute Gasteiger partial charge is 0.195 e. The van der Waals surface area contributed by atoms with Crippen molar-refractivity contribution < 1.29 is 0 Å². The van der Waals surface area contributed by atoms with Gasteiger partial charge in [0.25, 0.3) is 0 Å². The zero-order valence-corrected chi connectivity index (χ0v) is 30.5. The van der Waals surface area contributed by atoms with Crippen LogP contribution in [0.5, 0.6) is 0 Å². The number of hydrogen-bond donors (Lipinski definition) is 0. The highest BCUT2D eigenvalue weighted by Crippen LogP contribution is 2.52. The first-order valence-electron chi connectivity index (χ1n) is 18.1. The van der Waals surface area contributed by atoms with Crippen LogP contribution in [0, 0.1) is 0 Å². The zero-order chi connectivity index (χ0) is 35.4. The predicted molar refractivity (Wildman–Crippen MR) is 222 cm³/mol. The molecule has 9 aromatic rings. The van der Waals surface area contributed by atoms with Gasteiger partial charge in [-0.3, -0.25) is 4.79 Å². The normalized spacial score (nSPS) is 14.5. The quantitative estimate of drug-likeness (QED) is 0.169. The van der Waals surface area contributed by atoms with E-state index in [2.05, 4.69) is 166 Å². The molecule has 1 aliphatic carbocycles. The summed E-state index contributed by atoms with van der Waals surface area (Å²) < 4.78 is 4.54. The molecule has 0 saturated carbocycles. The summed E-state index contributed by atoms with van der Waals surface area (Å²) in [6, 6.07) is 54.7. The highest BCUT2D eigenvalue weighted by molar-refractivity contribution is 7.24. The minimum absolute atomic E-state index is 0.124. The average molecular weight is 688 g/mol. The molecule has 10 rings (SSSR count). The van der Waals surface area contributed by atoms with Crippen LogP contribution in [-0.4, -0.2) is 4.57 Å². The van der Waals surface area contributed by atoms with Gasteiger partial charge in [0.05, 0.1) is 11.0 Å². The molecule has 0 bridgehead atoms. The molecule has 3 heteroatoms. The molecule has 0 spiro atoms. The van der Waals surface area contributed by atoms with Crippen molar-refractivity contribution in [2.24, 2.45) is 0 Å². The maximum absolute atomic E-state index is 13.8. The van der Waals surface area contributed by atoms with Crippen LogP contribution in [0.25, 0.3) is 69.9 Å². The number of fused-ring (bicyclic) bond motifs is 7. The van der Waals surface area contributed by atoms with E-state index in [1.165, 1.54) is 66.3 Å². The van der Waals surface area contributed by atoms with Crippen LogP contribution in [0.4, 0.5) is 0 Å². The predicted octanol–water partition coefficient (Wildman–Crippen LogP) is 12.8. The molecule has 2 heterocycles. The Labute approximate surface area is 307 Å². The van der Waals surface area contributed by atoms with Gasteiger partial charge in [0.1, 0.15) is 0 Å². The molecule has 0 N–H and O–H groups in total. The lowest BCUT2D eigenvalue weighted by Gasteiger charge is -2.44. The summed E-state index contributed by atoms with van der Waals surface area (Å²) in [4.78, 5) is 13.8. The third kappa shape index (κ3) is 4.45. The average Bonchev–Trinajstić information content (AvgIpc) is 3.50. The van der Waals surface area contributed by atoms with E-state index in [9.17, 15) is 4.79 Å². The van der Waals surface area contributed by atoms with Gasteiger partial charge >= 0.3 is 0 Å². The van der Waals surface area contributed by atoms with E-state index in [0.717, 1.165) is 25.9 Å². The molecule has 0 aliphatic heterocycles. The van der Waals surface area contributed by atoms with Crippen molar-refractivity contribution in [2.75, 3.05) is 0 Å². The second-order valence-corrected chi connectivity index (χ2v) is 16.4. The van der Waals surface area contributed by atoms with Crippen molar-refractivity contribution in [3.63, 3.8) is 0 Å². The summed E-state index contributed by atoms with van der Waals surface area (Å²) in [5.41, 5.74) is 13.1. The molecule has 0 radical (unpaired) electrons. The molecular formula is C49H37NOS. The van der Waals surface area contributed by atoms with Crippen LogP contribution in [0.3, 0.4) is 0 Å². The Kier molecular flexibility index (Phi) is 6.63. The van der Waals surface area contributed by atoms with E-state index in [1.54, 1.807) is 11.3 Å². The third-order valence-electron chi connectivity index (χ3n) is 11.7. The van der Waals surface area contributed by atoms with E-state index < -0.39 is 0 Å². The molecule has 0 amide bonds. The fraction of sp³-hybridized carbons (Fsp3) is 0.122. The van der Waals surface area contributed by atoms with E-state index in [1.807, 2.05) is 18.2 Å². The van der Waals surface area contributed by atoms with Gasteiger partial charge in [-0.25, -0.2) is 0 Å². The van der Waals surface area contributed by atoms with Gasteiger partial charge in [-0.05, 0) is 105 Å². The Morgan fingerprint density at radius 1 is 0.423 bits per heavy atom. The Hall–Kier alpha value is -5.77. The van der Waals surface area contributed by atoms with Crippen LogP contribution in [0.1, 0.15) is 49.9 Å². The highest BCUT2D eigenvalue weighted by Gasteiger charge is 2.42. The molecule has 7 aromatic carbocycles. The van der Waals surface area contributed by atoms with Gasteiger partial charge in [0.15, 0.2) is 5.43 Å². The Balaban J connectivity index is 1.20. The lowest BCUT2D eigenvalue weighted by atomic mass is 9.60. The Morgan fingerprint density at radius 2 is 0.962 bits per heavy atom. The highest BCUT2D eigenvalue weighted by atomic mass is 32.1. The van der Waals surface area contributed by atoms with Crippen molar-refractivity contribution in [1.29, 1.82) is 0 Å². The summed E-state index contributed by atoms with van der Waals surface area (Å²) in [7, 11) is 0. The monoisotopic (exact) mass is 687 g/mol. The van der Waals surface area contributed by atoms with Crippen LogP contribution in [-0.2, 0) is 10.8 Å². The summed E-state index contributed by atoms with van der Waals surface area (Å²) in [6.45, 7) is 9.33. The van der Waals surface area contributed by atoms with E-state index in [-0.39, 0.29) is 16.3 Å². The molecule has 250 valence electrons. The first-order valence-corrected chi connectivity index (χ1v) is 18.9. The number of aromatic nitrogens is 1. The summed E-state index contributed by atoms with van der Waals surface area (Å²) in [5, 5.41) is 4.10. The number of benzene rings is 7. The molecule has 2 aromatic heterocycles. The summed E-state index contributed by atoms with van der Waals surface area (Å²) >= 11 is 1.72. The Bertz CT molecular complexity index is 2870. The first-order chi connectivity index (χ1) is 25.2. The maximum Gasteiger partial charge on any atom is 0.195 e. The largest absolute Gasteiger partial charge is 0.309 e. The number of hydrogen-bond acceptors (Lipinski definition) is 2. The molecule has 0 atom stereocenters. The molecule has 0 unspecified atom stereocenters. The third-order valence-corrected chi connectivity index (χ3v) is 12.8. The molecule has 0 saturated heterocycles. The number of rotatable bonds is 3. The van der Waals surface area contributed by atoms with Crippen molar-refractivity contribution in [3.8, 4) is 27.9 Å². The van der Waals surface area contributed by atoms with Crippen molar-refractivity contribution in [1.82, 2.24) is 4.57 Å². The standard InChI is InChI=1S/C49H37NOS/c1-48(2)39-22-21-34(27-40(39)49(3,4)42-29-46-38(28-41(42)48)47(51)35-17-11-12-18-45(35)52-46)50-43-23-19-32(30-13-7-5-8-14-30)25-36(43)37-26-33(20-24-44(37)50)31-15-9-6-10-16-31/h5-29H,1-4H3. The molecular weight excluding hydrogens is 651 g/mol. The lowest BCUT2D eigenvalue weighted by Crippen LogP contribution is -2.36. The van der Waals surface area contributed by atoms with Gasteiger partial charge in [-0.15, -0.1) is 11.3 Å². The molecule has 2 nitrogen and oxygen atoms in total. The van der Waals surface area contributed by atoms with Gasteiger partial charge in [-0.1, -0.05) is 119 Å². The van der Waals surface area contributed by atoms with E-state index in [4.69, 9.17) is 0 Å². The van der Waals surface area contributed by atoms with Gasteiger partial charge in [0, 0.05) is 47.5 Å². The number of nitrogens with zero attached hydrogens (tertiary/aromatic N) is 1. The first kappa shape index (κ1) is 31.0. The fourth-order valence-electron chi connectivity index (χ4n) is 8.83. The van der Waals surface area contributed by atoms with E-state index in [0.29, 0.717) is 0 Å². The molecule has 52 heavy (non-hydrogen) atoms. The minimum atomic E-state index is -0.286. The summed E-state index contributed by atoms with van der Waals surface area (Å²) in [6.07, 6.45) is 0. The zero-order valence-electron chi connectivity index (χ0n) is 29.7. The van der Waals surface area contributed by atoms with E-state index >= 15 is 0 Å². The van der Waals surface area contributed by atoms with Crippen LogP contribution >= 0.6 is 11.3 Å². The van der Waals surface area contributed by atoms with Gasteiger partial charge in [-0.2, -0.15) is 0 Å². The topological polar surface area (TPSA) is 22.0 Å². The van der Waals surface area contributed by atoms with Gasteiger partial charge < -0.3 is 4.57 Å². The molecule has 1 aliphatic rings. The van der Waals surface area contributed by atoms with Crippen molar-refractivity contribution in [3.05, 3.63) is 184 Å². The summed E-state index contributed by atoms with van der Waals surface area (Å²) in [5.74, 6) is 0. The SMILES string of the molecule is CC1(C)c2cc(-n3c4ccc(-c5ccccc5)cc4c4cc(-c5ccccc5)ccc43)ccc2C(C)(C)c2cc3c(=O)c4ccccc4sc3cc21. The van der Waals surface area contributed by atoms with Crippen molar-refractivity contribution >= 4 is 53.3 Å². The minimum Gasteiger partial charge on any atom is -0.309 e. The molecule has 0 fully saturated rings. The van der Waals surface area contributed by atoms with Crippen LogP contribution < -0.4 is 5.43 Å². The van der Waals surface area contributed by atoms with Crippen LogP contribution in [0.15, 0.2) is 156 Å². The lowest BCUT2D eigenvalue weighted by molar-refractivity contribution is 0.521. The van der Waals surface area contributed by atoms with Crippen molar-refractivity contribution in [2.45, 2.75) is 38.5 Å². The Morgan fingerprint density at radius 3 is 1.60 bits per heavy atom. The fourth-order valence-corrected chi connectivity index (χ4v) is 9.92. The van der Waals surface area contributed by atoms with Crippen LogP contribution in [0.2, 0.25) is 0 Å². The second kappa shape index (κ2) is 11.1.